The average molecular weight is 310 g/mol. The molecule has 23 heavy (non-hydrogen) atoms. The van der Waals surface area contributed by atoms with Gasteiger partial charge in [0.15, 0.2) is 0 Å². The van der Waals surface area contributed by atoms with E-state index in [0.717, 1.165) is 25.0 Å². The van der Waals surface area contributed by atoms with Crippen molar-refractivity contribution < 1.29 is 9.13 Å². The smallest absolute Gasteiger partial charge is 0.123 e. The number of benzene rings is 2. The predicted octanol–water partition coefficient (Wildman–Crippen LogP) is 5.23. The summed E-state index contributed by atoms with van der Waals surface area (Å²) in [6.45, 7) is 4.69. The van der Waals surface area contributed by atoms with Crippen LogP contribution in [0.3, 0.4) is 0 Å². The maximum absolute atomic E-state index is 13.6. The third-order valence-electron chi connectivity index (χ3n) is 5.98. The number of methoxy groups -OCH3 is 1. The van der Waals surface area contributed by atoms with Crippen molar-refractivity contribution >= 4 is 0 Å². The third kappa shape index (κ3) is 2.27. The Labute approximate surface area is 137 Å². The summed E-state index contributed by atoms with van der Waals surface area (Å²) in [6.07, 6.45) is 3.13. The van der Waals surface area contributed by atoms with E-state index in [1.54, 1.807) is 19.2 Å². The van der Waals surface area contributed by atoms with Gasteiger partial charge in [-0.05, 0) is 83.0 Å². The molecule has 0 aliphatic heterocycles. The van der Waals surface area contributed by atoms with E-state index in [9.17, 15) is 4.39 Å². The van der Waals surface area contributed by atoms with E-state index in [2.05, 4.69) is 32.0 Å². The fraction of sp³-hybridized carbons (Fsp3) is 0.429. The van der Waals surface area contributed by atoms with Crippen LogP contribution in [0.25, 0.3) is 0 Å². The number of ether oxygens (including phenoxy) is 1. The van der Waals surface area contributed by atoms with E-state index >= 15 is 0 Å². The lowest BCUT2D eigenvalue weighted by molar-refractivity contribution is 0.265. The summed E-state index contributed by atoms with van der Waals surface area (Å²) in [6, 6.07) is 11.9. The fourth-order valence-electron chi connectivity index (χ4n) is 4.86. The first kappa shape index (κ1) is 14.7. The molecule has 120 valence electrons. The number of hydrogen-bond donors (Lipinski definition) is 0. The SMILES string of the molecule is COc1ccc2c(c1)CC1(C)Cc3cc(F)ccc3C1CC2C. The van der Waals surface area contributed by atoms with Gasteiger partial charge >= 0.3 is 0 Å². The van der Waals surface area contributed by atoms with Gasteiger partial charge in [0.2, 0.25) is 0 Å². The maximum atomic E-state index is 13.6. The van der Waals surface area contributed by atoms with Crippen LogP contribution in [0.15, 0.2) is 36.4 Å². The summed E-state index contributed by atoms with van der Waals surface area (Å²) >= 11 is 0. The van der Waals surface area contributed by atoms with E-state index in [1.807, 2.05) is 6.07 Å². The van der Waals surface area contributed by atoms with Crippen LogP contribution in [0.5, 0.6) is 5.75 Å². The summed E-state index contributed by atoms with van der Waals surface area (Å²) in [5, 5.41) is 0. The minimum absolute atomic E-state index is 0.112. The summed E-state index contributed by atoms with van der Waals surface area (Å²) in [5.74, 6) is 1.84. The number of halogens is 1. The molecule has 0 spiro atoms. The van der Waals surface area contributed by atoms with Gasteiger partial charge in [0.25, 0.3) is 0 Å². The molecule has 3 unspecified atom stereocenters. The van der Waals surface area contributed by atoms with Gasteiger partial charge in [0, 0.05) is 0 Å². The Bertz CT molecular complexity index is 766. The normalized spacial score (nSPS) is 28.5. The largest absolute Gasteiger partial charge is 0.497 e. The Morgan fingerprint density at radius 2 is 1.74 bits per heavy atom. The van der Waals surface area contributed by atoms with Crippen LogP contribution < -0.4 is 4.74 Å². The molecule has 2 aliphatic rings. The molecule has 0 saturated heterocycles. The zero-order chi connectivity index (χ0) is 16.2. The van der Waals surface area contributed by atoms with Crippen molar-refractivity contribution in [1.82, 2.24) is 0 Å². The van der Waals surface area contributed by atoms with Gasteiger partial charge < -0.3 is 4.74 Å². The van der Waals surface area contributed by atoms with Gasteiger partial charge in [0.1, 0.15) is 11.6 Å². The molecule has 2 aromatic carbocycles. The van der Waals surface area contributed by atoms with Crippen LogP contribution in [0, 0.1) is 11.2 Å². The topological polar surface area (TPSA) is 9.23 Å². The van der Waals surface area contributed by atoms with Gasteiger partial charge in [-0.25, -0.2) is 4.39 Å². The standard InChI is InChI=1S/C21H23FO/c1-13-8-20-19-6-4-16(22)9-14(19)11-21(20,2)12-15-10-17(23-3)5-7-18(13)15/h4-7,9-10,13,20H,8,11-12H2,1-3H3. The van der Waals surface area contributed by atoms with Crippen molar-refractivity contribution in [1.29, 1.82) is 0 Å². The van der Waals surface area contributed by atoms with Gasteiger partial charge in [0.05, 0.1) is 7.11 Å². The number of fused-ring (bicyclic) bond motifs is 4. The Hall–Kier alpha value is -1.83. The first-order valence-electron chi connectivity index (χ1n) is 8.45. The van der Waals surface area contributed by atoms with Crippen molar-refractivity contribution in [3.63, 3.8) is 0 Å². The molecule has 4 rings (SSSR count). The monoisotopic (exact) mass is 310 g/mol. The van der Waals surface area contributed by atoms with E-state index in [1.165, 1.54) is 22.3 Å². The average Bonchev–Trinajstić information content (AvgIpc) is 2.71. The number of hydrogen-bond acceptors (Lipinski definition) is 1. The second kappa shape index (κ2) is 5.09. The van der Waals surface area contributed by atoms with Gasteiger partial charge in [-0.3, -0.25) is 0 Å². The van der Waals surface area contributed by atoms with E-state index < -0.39 is 0 Å². The number of rotatable bonds is 1. The lowest BCUT2D eigenvalue weighted by atomic mass is 9.73. The highest BCUT2D eigenvalue weighted by molar-refractivity contribution is 5.45. The van der Waals surface area contributed by atoms with E-state index in [4.69, 9.17) is 4.74 Å². The molecule has 2 aromatic rings. The van der Waals surface area contributed by atoms with Crippen LogP contribution in [0.1, 0.15) is 54.4 Å². The Balaban J connectivity index is 1.80. The lowest BCUT2D eigenvalue weighted by Gasteiger charge is -2.31. The van der Waals surface area contributed by atoms with Crippen LogP contribution in [0.4, 0.5) is 4.39 Å². The minimum atomic E-state index is -0.112. The molecular formula is C21H23FO. The molecule has 0 radical (unpaired) electrons. The molecule has 0 heterocycles. The first-order chi connectivity index (χ1) is 11.0. The Kier molecular flexibility index (Phi) is 3.26. The Morgan fingerprint density at radius 1 is 1.04 bits per heavy atom. The van der Waals surface area contributed by atoms with Crippen molar-refractivity contribution in [3.05, 3.63) is 64.5 Å². The highest BCUT2D eigenvalue weighted by Gasteiger charge is 2.45. The molecule has 3 atom stereocenters. The highest BCUT2D eigenvalue weighted by Crippen LogP contribution is 2.55. The van der Waals surface area contributed by atoms with Crippen molar-refractivity contribution in [2.45, 2.75) is 44.9 Å². The maximum Gasteiger partial charge on any atom is 0.123 e. The van der Waals surface area contributed by atoms with Crippen molar-refractivity contribution in [3.8, 4) is 5.75 Å². The minimum Gasteiger partial charge on any atom is -0.497 e. The van der Waals surface area contributed by atoms with E-state index in [0.29, 0.717) is 11.8 Å². The molecule has 0 aromatic heterocycles. The Morgan fingerprint density at radius 3 is 2.48 bits per heavy atom. The molecule has 0 amide bonds. The predicted molar refractivity (Wildman–Crippen MR) is 90.7 cm³/mol. The molecule has 2 aliphatic carbocycles. The van der Waals surface area contributed by atoms with Crippen molar-refractivity contribution in [2.75, 3.05) is 7.11 Å². The highest BCUT2D eigenvalue weighted by atomic mass is 19.1. The molecule has 0 N–H and O–H groups in total. The second-order valence-corrected chi connectivity index (χ2v) is 7.60. The summed E-state index contributed by atoms with van der Waals surface area (Å²) in [7, 11) is 1.72. The third-order valence-corrected chi connectivity index (χ3v) is 5.98. The van der Waals surface area contributed by atoms with Crippen LogP contribution >= 0.6 is 0 Å². The van der Waals surface area contributed by atoms with Crippen molar-refractivity contribution in [2.24, 2.45) is 5.41 Å². The van der Waals surface area contributed by atoms with Crippen LogP contribution in [0.2, 0.25) is 0 Å². The van der Waals surface area contributed by atoms with Gasteiger partial charge in [-0.15, -0.1) is 0 Å². The molecule has 2 heteroatoms. The molecular weight excluding hydrogens is 287 g/mol. The zero-order valence-corrected chi connectivity index (χ0v) is 14.0. The van der Waals surface area contributed by atoms with Gasteiger partial charge in [-0.2, -0.15) is 0 Å². The summed E-state index contributed by atoms with van der Waals surface area (Å²) in [5.41, 5.74) is 5.58. The quantitative estimate of drug-likeness (QED) is 0.701. The summed E-state index contributed by atoms with van der Waals surface area (Å²) < 4.78 is 19.1. The fourth-order valence-corrected chi connectivity index (χ4v) is 4.86. The lowest BCUT2D eigenvalue weighted by Crippen LogP contribution is -2.24. The van der Waals surface area contributed by atoms with E-state index in [-0.39, 0.29) is 11.2 Å². The molecule has 0 bridgehead atoms. The van der Waals surface area contributed by atoms with Gasteiger partial charge in [-0.1, -0.05) is 26.0 Å². The van der Waals surface area contributed by atoms with Crippen LogP contribution in [-0.2, 0) is 12.8 Å². The van der Waals surface area contributed by atoms with Crippen LogP contribution in [-0.4, -0.2) is 7.11 Å². The molecule has 0 fully saturated rings. The molecule has 0 saturated carbocycles. The molecule has 1 nitrogen and oxygen atoms in total. The second-order valence-electron chi connectivity index (χ2n) is 7.60. The summed E-state index contributed by atoms with van der Waals surface area (Å²) in [4.78, 5) is 0. The zero-order valence-electron chi connectivity index (χ0n) is 14.0. The first-order valence-corrected chi connectivity index (χ1v) is 8.45.